The second kappa shape index (κ2) is 3.41. The predicted octanol–water partition coefficient (Wildman–Crippen LogP) is 1.13. The molecule has 1 aliphatic rings. The van der Waals surface area contributed by atoms with Crippen LogP contribution >= 0.6 is 0 Å². The number of nitrogens with zero attached hydrogens (tertiary/aromatic N) is 2. The van der Waals surface area contributed by atoms with Gasteiger partial charge in [0.25, 0.3) is 0 Å². The molecule has 1 unspecified atom stereocenters. The molecule has 1 saturated heterocycles. The topological polar surface area (TPSA) is 61.2 Å². The van der Waals surface area contributed by atoms with Crippen LogP contribution in [0.2, 0.25) is 0 Å². The summed E-state index contributed by atoms with van der Waals surface area (Å²) in [5, 5.41) is 5.22. The SMILES string of the molecule is Cn1nc(C2CC(=O)OC2=O)c2ccccc21. The number of hydrogen-bond acceptors (Lipinski definition) is 4. The van der Waals surface area contributed by atoms with Crippen LogP contribution in [0, 0.1) is 0 Å². The van der Waals surface area contributed by atoms with Gasteiger partial charge in [-0.1, -0.05) is 18.2 Å². The molecule has 2 heterocycles. The number of para-hydroxylation sites is 1. The average molecular weight is 230 g/mol. The summed E-state index contributed by atoms with van der Waals surface area (Å²) in [6, 6.07) is 7.61. The molecular weight excluding hydrogens is 220 g/mol. The minimum atomic E-state index is -0.561. The lowest BCUT2D eigenvalue weighted by Gasteiger charge is -1.99. The lowest BCUT2D eigenvalue weighted by molar-refractivity contribution is -0.152. The van der Waals surface area contributed by atoms with Gasteiger partial charge in [-0.2, -0.15) is 5.10 Å². The Morgan fingerprint density at radius 1 is 1.35 bits per heavy atom. The highest BCUT2D eigenvalue weighted by Crippen LogP contribution is 2.31. The van der Waals surface area contributed by atoms with Gasteiger partial charge >= 0.3 is 11.9 Å². The molecular formula is C12H10N2O3. The highest BCUT2D eigenvalue weighted by atomic mass is 16.6. The molecule has 1 fully saturated rings. The molecule has 1 aliphatic heterocycles. The van der Waals surface area contributed by atoms with Gasteiger partial charge in [0.1, 0.15) is 5.92 Å². The van der Waals surface area contributed by atoms with Gasteiger partial charge in [0.05, 0.1) is 17.6 Å². The van der Waals surface area contributed by atoms with E-state index in [1.807, 2.05) is 31.3 Å². The highest BCUT2D eigenvalue weighted by molar-refractivity contribution is 6.00. The Kier molecular flexibility index (Phi) is 2.01. The summed E-state index contributed by atoms with van der Waals surface area (Å²) in [6.07, 6.45) is 0.0832. The molecule has 0 radical (unpaired) electrons. The van der Waals surface area contributed by atoms with E-state index in [-0.39, 0.29) is 6.42 Å². The number of ether oxygens (including phenoxy) is 1. The van der Waals surface area contributed by atoms with Crippen molar-refractivity contribution in [3.8, 4) is 0 Å². The Hall–Kier alpha value is -2.17. The largest absolute Gasteiger partial charge is 0.393 e. The second-order valence-electron chi connectivity index (χ2n) is 4.08. The zero-order chi connectivity index (χ0) is 12.0. The number of hydrogen-bond donors (Lipinski definition) is 0. The Morgan fingerprint density at radius 3 is 2.82 bits per heavy atom. The summed E-state index contributed by atoms with van der Waals surface area (Å²) in [5.41, 5.74) is 1.56. The van der Waals surface area contributed by atoms with Crippen molar-refractivity contribution in [2.75, 3.05) is 0 Å². The third-order valence-electron chi connectivity index (χ3n) is 2.99. The number of fused-ring (bicyclic) bond motifs is 1. The fourth-order valence-corrected chi connectivity index (χ4v) is 2.18. The number of cyclic esters (lactones) is 2. The maximum Gasteiger partial charge on any atom is 0.323 e. The van der Waals surface area contributed by atoms with Crippen LogP contribution in [0.25, 0.3) is 10.9 Å². The molecule has 5 nitrogen and oxygen atoms in total. The van der Waals surface area contributed by atoms with Crippen LogP contribution in [0.5, 0.6) is 0 Å². The van der Waals surface area contributed by atoms with E-state index in [0.717, 1.165) is 10.9 Å². The molecule has 1 aromatic carbocycles. The summed E-state index contributed by atoms with van der Waals surface area (Å²) < 4.78 is 6.27. The Labute approximate surface area is 97.0 Å². The molecule has 0 saturated carbocycles. The Balaban J connectivity index is 2.18. The zero-order valence-corrected chi connectivity index (χ0v) is 9.21. The van der Waals surface area contributed by atoms with Crippen molar-refractivity contribution in [2.45, 2.75) is 12.3 Å². The first kappa shape index (κ1) is 10.0. The molecule has 5 heteroatoms. The molecule has 86 valence electrons. The maximum atomic E-state index is 11.5. The van der Waals surface area contributed by atoms with Gasteiger partial charge < -0.3 is 4.74 Å². The third-order valence-corrected chi connectivity index (χ3v) is 2.99. The maximum absolute atomic E-state index is 11.5. The van der Waals surface area contributed by atoms with Gasteiger partial charge in [-0.05, 0) is 6.07 Å². The second-order valence-corrected chi connectivity index (χ2v) is 4.08. The number of rotatable bonds is 1. The summed E-state index contributed by atoms with van der Waals surface area (Å²) in [6.45, 7) is 0. The third kappa shape index (κ3) is 1.43. The number of benzene rings is 1. The van der Waals surface area contributed by atoms with Gasteiger partial charge in [-0.25, -0.2) is 0 Å². The summed E-state index contributed by atoms with van der Waals surface area (Å²) >= 11 is 0. The van der Waals surface area contributed by atoms with E-state index >= 15 is 0 Å². The Bertz CT molecular complexity index is 630. The highest BCUT2D eigenvalue weighted by Gasteiger charge is 2.37. The number of aryl methyl sites for hydroxylation is 1. The van der Waals surface area contributed by atoms with E-state index < -0.39 is 17.9 Å². The van der Waals surface area contributed by atoms with E-state index in [9.17, 15) is 9.59 Å². The number of carbonyl (C=O) groups excluding carboxylic acids is 2. The van der Waals surface area contributed by atoms with Crippen LogP contribution in [0.15, 0.2) is 24.3 Å². The van der Waals surface area contributed by atoms with Crippen LogP contribution in [-0.4, -0.2) is 21.7 Å². The number of esters is 2. The quantitative estimate of drug-likeness (QED) is 0.544. The molecule has 0 spiro atoms. The first-order chi connectivity index (χ1) is 8.16. The van der Waals surface area contributed by atoms with Gasteiger partial charge in [0.15, 0.2) is 0 Å². The van der Waals surface area contributed by atoms with Gasteiger partial charge in [-0.15, -0.1) is 0 Å². The normalized spacial score (nSPS) is 19.9. The monoisotopic (exact) mass is 230 g/mol. The van der Waals surface area contributed by atoms with E-state index in [4.69, 9.17) is 0 Å². The lowest BCUT2D eigenvalue weighted by Crippen LogP contribution is -2.07. The summed E-state index contributed by atoms with van der Waals surface area (Å²) in [7, 11) is 1.81. The van der Waals surface area contributed by atoms with Gasteiger partial charge in [0.2, 0.25) is 0 Å². The summed E-state index contributed by atoms with van der Waals surface area (Å²) in [5.74, 6) is -1.54. The average Bonchev–Trinajstić information content (AvgIpc) is 2.80. The molecule has 0 amide bonds. The van der Waals surface area contributed by atoms with E-state index in [0.29, 0.717) is 5.69 Å². The fraction of sp³-hybridized carbons (Fsp3) is 0.250. The first-order valence-corrected chi connectivity index (χ1v) is 5.33. The standard InChI is InChI=1S/C12H10N2O3/c1-14-9-5-3-2-4-7(9)11(13-14)8-6-10(15)17-12(8)16/h2-5,8H,6H2,1H3. The van der Waals surface area contributed by atoms with Crippen LogP contribution in [0.4, 0.5) is 0 Å². The van der Waals surface area contributed by atoms with Crippen molar-refractivity contribution in [1.82, 2.24) is 9.78 Å². The fourth-order valence-electron chi connectivity index (χ4n) is 2.18. The minimum absolute atomic E-state index is 0.0832. The molecule has 17 heavy (non-hydrogen) atoms. The van der Waals surface area contributed by atoms with E-state index in [2.05, 4.69) is 9.84 Å². The molecule has 1 aromatic heterocycles. The Morgan fingerprint density at radius 2 is 2.12 bits per heavy atom. The van der Waals surface area contributed by atoms with Crippen molar-refractivity contribution >= 4 is 22.8 Å². The van der Waals surface area contributed by atoms with Crippen LogP contribution in [-0.2, 0) is 21.4 Å². The number of aromatic nitrogens is 2. The molecule has 0 bridgehead atoms. The molecule has 1 atom stereocenters. The molecule has 3 rings (SSSR count). The smallest absolute Gasteiger partial charge is 0.323 e. The van der Waals surface area contributed by atoms with E-state index in [1.54, 1.807) is 4.68 Å². The van der Waals surface area contributed by atoms with Gasteiger partial charge in [0, 0.05) is 12.4 Å². The van der Waals surface area contributed by atoms with Crippen molar-refractivity contribution in [3.63, 3.8) is 0 Å². The first-order valence-electron chi connectivity index (χ1n) is 5.33. The zero-order valence-electron chi connectivity index (χ0n) is 9.21. The molecule has 2 aromatic rings. The van der Waals surface area contributed by atoms with Crippen molar-refractivity contribution in [2.24, 2.45) is 7.05 Å². The predicted molar refractivity (Wildman–Crippen MR) is 59.2 cm³/mol. The molecule has 0 aliphatic carbocycles. The number of carbonyl (C=O) groups is 2. The lowest BCUT2D eigenvalue weighted by atomic mass is 10.0. The van der Waals surface area contributed by atoms with Crippen molar-refractivity contribution in [1.29, 1.82) is 0 Å². The van der Waals surface area contributed by atoms with Crippen LogP contribution < -0.4 is 0 Å². The van der Waals surface area contributed by atoms with Crippen LogP contribution in [0.3, 0.4) is 0 Å². The molecule has 0 N–H and O–H groups in total. The van der Waals surface area contributed by atoms with Crippen molar-refractivity contribution < 1.29 is 14.3 Å². The van der Waals surface area contributed by atoms with Crippen LogP contribution in [0.1, 0.15) is 18.0 Å². The van der Waals surface area contributed by atoms with Gasteiger partial charge in [-0.3, -0.25) is 14.3 Å². The minimum Gasteiger partial charge on any atom is -0.393 e. The summed E-state index contributed by atoms with van der Waals surface area (Å²) in [4.78, 5) is 22.6. The van der Waals surface area contributed by atoms with Crippen molar-refractivity contribution in [3.05, 3.63) is 30.0 Å². The van der Waals surface area contributed by atoms with E-state index in [1.165, 1.54) is 0 Å².